The lowest BCUT2D eigenvalue weighted by molar-refractivity contribution is 0.568. The van der Waals surface area contributed by atoms with E-state index in [1.807, 2.05) is 0 Å². The van der Waals surface area contributed by atoms with Gasteiger partial charge in [-0.15, -0.1) is 0 Å². The van der Waals surface area contributed by atoms with E-state index in [2.05, 4.69) is 17.0 Å². The molecule has 0 radical (unpaired) electrons. The monoisotopic (exact) mass is 246 g/mol. The Hall–Kier alpha value is -0.130. The summed E-state index contributed by atoms with van der Waals surface area (Å²) in [5.41, 5.74) is 0. The third kappa shape index (κ3) is 4.03. The summed E-state index contributed by atoms with van der Waals surface area (Å²) in [6.45, 7) is 2.73. The van der Waals surface area contributed by atoms with E-state index >= 15 is 0 Å². The Labute approximate surface area is 98.2 Å². The van der Waals surface area contributed by atoms with Crippen molar-refractivity contribution >= 4 is 10.0 Å². The third-order valence-electron chi connectivity index (χ3n) is 3.29. The van der Waals surface area contributed by atoms with E-state index in [-0.39, 0.29) is 11.8 Å². The van der Waals surface area contributed by atoms with Crippen LogP contribution in [0.15, 0.2) is 0 Å². The van der Waals surface area contributed by atoms with Crippen molar-refractivity contribution in [2.24, 2.45) is 5.92 Å². The van der Waals surface area contributed by atoms with Gasteiger partial charge in [-0.05, 0) is 31.6 Å². The molecule has 2 N–H and O–H groups in total. The molecular weight excluding hydrogens is 224 g/mol. The Balaban J connectivity index is 1.63. The van der Waals surface area contributed by atoms with Crippen LogP contribution >= 0.6 is 0 Å². The number of hydrogen-bond acceptors (Lipinski definition) is 3. The largest absolute Gasteiger partial charge is 0.313 e. The summed E-state index contributed by atoms with van der Waals surface area (Å²) in [7, 11) is -3.05. The quantitative estimate of drug-likeness (QED) is 0.667. The van der Waals surface area contributed by atoms with E-state index in [1.54, 1.807) is 0 Å². The van der Waals surface area contributed by atoms with Crippen LogP contribution in [0, 0.1) is 5.92 Å². The van der Waals surface area contributed by atoms with Crippen molar-refractivity contribution in [2.75, 3.05) is 12.3 Å². The van der Waals surface area contributed by atoms with Crippen LogP contribution < -0.4 is 10.0 Å². The first-order valence-electron chi connectivity index (χ1n) is 6.34. The van der Waals surface area contributed by atoms with Gasteiger partial charge in [0.1, 0.15) is 0 Å². The molecule has 0 bridgehead atoms. The molecule has 2 fully saturated rings. The molecule has 0 aromatic rings. The van der Waals surface area contributed by atoms with E-state index in [1.165, 1.54) is 12.8 Å². The zero-order chi connectivity index (χ0) is 11.6. The summed E-state index contributed by atoms with van der Waals surface area (Å²) < 4.78 is 26.2. The van der Waals surface area contributed by atoms with Gasteiger partial charge in [0.2, 0.25) is 10.0 Å². The molecule has 16 heavy (non-hydrogen) atoms. The smallest absolute Gasteiger partial charge is 0.213 e. The molecule has 0 aliphatic heterocycles. The number of sulfonamides is 1. The molecule has 0 aromatic heterocycles. The van der Waals surface area contributed by atoms with Gasteiger partial charge in [0.15, 0.2) is 0 Å². The summed E-state index contributed by atoms with van der Waals surface area (Å²) in [4.78, 5) is 0. The number of nitrogens with one attached hydrogen (secondary N) is 2. The van der Waals surface area contributed by atoms with Crippen molar-refractivity contribution in [1.82, 2.24) is 10.0 Å². The molecule has 94 valence electrons. The SMILES string of the molecule is CCCC1CC1NS(=O)(=O)CCNC1CC1. The lowest BCUT2D eigenvalue weighted by Crippen LogP contribution is -2.34. The summed E-state index contributed by atoms with van der Waals surface area (Å²) >= 11 is 0. The predicted molar refractivity (Wildman–Crippen MR) is 64.8 cm³/mol. The molecule has 0 amide bonds. The highest BCUT2D eigenvalue weighted by atomic mass is 32.2. The van der Waals surface area contributed by atoms with Gasteiger partial charge in [0, 0.05) is 18.6 Å². The predicted octanol–water partition coefficient (Wildman–Crippen LogP) is 0.846. The second-order valence-corrected chi connectivity index (χ2v) is 6.93. The molecule has 2 rings (SSSR count). The molecule has 2 atom stereocenters. The van der Waals surface area contributed by atoms with E-state index in [0.29, 0.717) is 18.5 Å². The van der Waals surface area contributed by atoms with Crippen LogP contribution in [-0.2, 0) is 10.0 Å². The fraction of sp³-hybridized carbons (Fsp3) is 1.00. The molecular formula is C11H22N2O2S. The number of hydrogen-bond donors (Lipinski definition) is 2. The lowest BCUT2D eigenvalue weighted by Gasteiger charge is -2.06. The third-order valence-corrected chi connectivity index (χ3v) is 4.70. The summed E-state index contributed by atoms with van der Waals surface area (Å²) in [6.07, 6.45) is 5.73. The Morgan fingerprint density at radius 3 is 2.69 bits per heavy atom. The van der Waals surface area contributed by atoms with Crippen molar-refractivity contribution in [3.63, 3.8) is 0 Å². The molecule has 2 saturated carbocycles. The zero-order valence-corrected chi connectivity index (χ0v) is 10.7. The molecule has 2 aliphatic rings. The highest BCUT2D eigenvalue weighted by Gasteiger charge is 2.38. The lowest BCUT2D eigenvalue weighted by atomic mass is 10.2. The van der Waals surface area contributed by atoms with Gasteiger partial charge in [-0.1, -0.05) is 13.3 Å². The molecule has 0 aromatic carbocycles. The Bertz CT molecular complexity index is 325. The Morgan fingerprint density at radius 2 is 2.06 bits per heavy atom. The fourth-order valence-electron chi connectivity index (χ4n) is 2.06. The first-order valence-corrected chi connectivity index (χ1v) is 7.99. The first-order chi connectivity index (χ1) is 7.61. The fourth-order valence-corrected chi connectivity index (χ4v) is 3.31. The molecule has 2 aliphatic carbocycles. The van der Waals surface area contributed by atoms with Crippen molar-refractivity contribution in [2.45, 2.75) is 51.1 Å². The Morgan fingerprint density at radius 1 is 1.31 bits per heavy atom. The van der Waals surface area contributed by atoms with Gasteiger partial charge in [-0.3, -0.25) is 0 Å². The van der Waals surface area contributed by atoms with Crippen molar-refractivity contribution in [3.05, 3.63) is 0 Å². The number of rotatable bonds is 8. The van der Waals surface area contributed by atoms with E-state index < -0.39 is 10.0 Å². The standard InChI is InChI=1S/C11H22N2O2S/c1-2-3-9-8-11(9)13-16(14,15)7-6-12-10-4-5-10/h9-13H,2-8H2,1H3. The minimum absolute atomic E-state index is 0.221. The second kappa shape index (κ2) is 5.02. The highest BCUT2D eigenvalue weighted by molar-refractivity contribution is 7.89. The first kappa shape index (κ1) is 12.3. The van der Waals surface area contributed by atoms with Crippen molar-refractivity contribution < 1.29 is 8.42 Å². The minimum Gasteiger partial charge on any atom is -0.313 e. The molecule has 0 saturated heterocycles. The van der Waals surface area contributed by atoms with Crippen molar-refractivity contribution in [1.29, 1.82) is 0 Å². The van der Waals surface area contributed by atoms with Gasteiger partial charge in [-0.2, -0.15) is 0 Å². The van der Waals surface area contributed by atoms with Gasteiger partial charge in [0.25, 0.3) is 0 Å². The Kier molecular flexibility index (Phi) is 3.87. The van der Waals surface area contributed by atoms with Crippen LogP contribution in [0.5, 0.6) is 0 Å². The van der Waals surface area contributed by atoms with Gasteiger partial charge in [-0.25, -0.2) is 13.1 Å². The van der Waals surface area contributed by atoms with Crippen LogP contribution in [-0.4, -0.2) is 32.8 Å². The topological polar surface area (TPSA) is 58.2 Å². The van der Waals surface area contributed by atoms with Crippen LogP contribution in [0.1, 0.15) is 39.0 Å². The van der Waals surface area contributed by atoms with Gasteiger partial charge in [0.05, 0.1) is 5.75 Å². The molecule has 0 heterocycles. The molecule has 2 unspecified atom stereocenters. The summed E-state index contributed by atoms with van der Waals surface area (Å²) in [5.74, 6) is 0.815. The van der Waals surface area contributed by atoms with Crippen LogP contribution in [0.3, 0.4) is 0 Å². The molecule has 0 spiro atoms. The van der Waals surface area contributed by atoms with Crippen LogP contribution in [0.2, 0.25) is 0 Å². The second-order valence-electron chi connectivity index (χ2n) is 5.06. The van der Waals surface area contributed by atoms with Gasteiger partial charge < -0.3 is 5.32 Å². The minimum atomic E-state index is -3.05. The van der Waals surface area contributed by atoms with Crippen molar-refractivity contribution in [3.8, 4) is 0 Å². The van der Waals surface area contributed by atoms with Crippen LogP contribution in [0.25, 0.3) is 0 Å². The highest BCUT2D eigenvalue weighted by Crippen LogP contribution is 2.34. The maximum Gasteiger partial charge on any atom is 0.213 e. The summed E-state index contributed by atoms with van der Waals surface area (Å²) in [5, 5.41) is 3.22. The van der Waals surface area contributed by atoms with E-state index in [9.17, 15) is 8.42 Å². The normalized spacial score (nSPS) is 29.3. The maximum atomic E-state index is 11.7. The molecule has 4 nitrogen and oxygen atoms in total. The van der Waals surface area contributed by atoms with E-state index in [4.69, 9.17) is 0 Å². The average molecular weight is 246 g/mol. The van der Waals surface area contributed by atoms with Gasteiger partial charge >= 0.3 is 0 Å². The zero-order valence-electron chi connectivity index (χ0n) is 9.91. The average Bonchev–Trinajstić information content (AvgIpc) is 3.05. The molecule has 5 heteroatoms. The maximum absolute atomic E-state index is 11.7. The summed E-state index contributed by atoms with van der Waals surface area (Å²) in [6, 6.07) is 0.815. The van der Waals surface area contributed by atoms with E-state index in [0.717, 1.165) is 19.3 Å². The van der Waals surface area contributed by atoms with Crippen LogP contribution in [0.4, 0.5) is 0 Å².